The predicted octanol–water partition coefficient (Wildman–Crippen LogP) is 4.41. The molecule has 2 N–H and O–H groups in total. The lowest BCUT2D eigenvalue weighted by atomic mass is 10.0. The van der Waals surface area contributed by atoms with E-state index < -0.39 is 6.10 Å². The first-order valence-corrected chi connectivity index (χ1v) is 9.43. The number of hydrogen-bond donors (Lipinski definition) is 2. The minimum Gasteiger partial charge on any atom is -0.387 e. The van der Waals surface area contributed by atoms with Gasteiger partial charge in [0.05, 0.1) is 6.10 Å². The van der Waals surface area contributed by atoms with Crippen LogP contribution in [0.5, 0.6) is 0 Å². The van der Waals surface area contributed by atoms with Gasteiger partial charge in [-0.2, -0.15) is 0 Å². The second-order valence-electron chi connectivity index (χ2n) is 6.01. The number of aromatic nitrogens is 3. The van der Waals surface area contributed by atoms with Crippen LogP contribution in [0.3, 0.4) is 0 Å². The number of hydrogen-bond acceptors (Lipinski definition) is 6. The molecule has 0 aliphatic rings. The molecule has 2 heterocycles. The molecule has 0 bridgehead atoms. The van der Waals surface area contributed by atoms with Crippen molar-refractivity contribution >= 4 is 16.5 Å². The van der Waals surface area contributed by atoms with Crippen LogP contribution in [0, 0.1) is 0 Å². The fourth-order valence-electron chi connectivity index (χ4n) is 2.72. The van der Waals surface area contributed by atoms with Gasteiger partial charge < -0.3 is 10.4 Å². The van der Waals surface area contributed by atoms with Crippen LogP contribution in [-0.4, -0.2) is 26.8 Å². The van der Waals surface area contributed by atoms with E-state index in [0.717, 1.165) is 27.4 Å². The Hall–Kier alpha value is -3.09. The summed E-state index contributed by atoms with van der Waals surface area (Å²) in [5.41, 5.74) is 3.94. The Morgan fingerprint density at radius 2 is 1.59 bits per heavy atom. The number of nitrogens with one attached hydrogen (secondary N) is 1. The van der Waals surface area contributed by atoms with Gasteiger partial charge in [0.25, 0.3) is 0 Å². The predicted molar refractivity (Wildman–Crippen MR) is 108 cm³/mol. The average Bonchev–Trinajstić information content (AvgIpc) is 3.22. The van der Waals surface area contributed by atoms with E-state index in [2.05, 4.69) is 32.6 Å². The Balaban J connectivity index is 1.38. The number of rotatable bonds is 6. The van der Waals surface area contributed by atoms with Gasteiger partial charge >= 0.3 is 0 Å². The first-order valence-electron chi connectivity index (χ1n) is 8.62. The third-order valence-corrected chi connectivity index (χ3v) is 5.06. The molecule has 0 aliphatic carbocycles. The standard InChI is InChI=1S/C21H18N4OS/c26-19(17-11-9-16(10-12-17)15-6-2-1-3-7-15)14-23-21-25-24-20(27-21)18-8-4-5-13-22-18/h1-13,19,26H,14H2,(H,23,25). The highest BCUT2D eigenvalue weighted by Crippen LogP contribution is 2.26. The van der Waals surface area contributed by atoms with Crippen molar-refractivity contribution in [2.45, 2.75) is 6.10 Å². The molecule has 1 unspecified atom stereocenters. The molecule has 1 atom stereocenters. The normalized spacial score (nSPS) is 11.9. The zero-order chi connectivity index (χ0) is 18.5. The molecule has 6 heteroatoms. The maximum absolute atomic E-state index is 10.4. The van der Waals surface area contributed by atoms with Crippen LogP contribution in [0.1, 0.15) is 11.7 Å². The van der Waals surface area contributed by atoms with Crippen LogP contribution in [0.4, 0.5) is 5.13 Å². The van der Waals surface area contributed by atoms with Gasteiger partial charge in [0, 0.05) is 12.7 Å². The second-order valence-corrected chi connectivity index (χ2v) is 6.99. The van der Waals surface area contributed by atoms with E-state index in [-0.39, 0.29) is 0 Å². The molecule has 4 aromatic rings. The molecule has 0 aliphatic heterocycles. The van der Waals surface area contributed by atoms with Crippen LogP contribution in [-0.2, 0) is 0 Å². The van der Waals surface area contributed by atoms with Gasteiger partial charge in [-0.1, -0.05) is 72.0 Å². The van der Waals surface area contributed by atoms with Crippen molar-refractivity contribution in [2.24, 2.45) is 0 Å². The first kappa shape index (κ1) is 17.3. The van der Waals surface area contributed by atoms with Crippen LogP contribution < -0.4 is 5.32 Å². The molecule has 0 fully saturated rings. The molecular weight excluding hydrogens is 356 g/mol. The van der Waals surface area contributed by atoms with Crippen molar-refractivity contribution < 1.29 is 5.11 Å². The monoisotopic (exact) mass is 374 g/mol. The lowest BCUT2D eigenvalue weighted by molar-refractivity contribution is 0.191. The lowest BCUT2D eigenvalue weighted by Crippen LogP contribution is -2.11. The molecule has 134 valence electrons. The highest BCUT2D eigenvalue weighted by molar-refractivity contribution is 7.18. The fourth-order valence-corrected chi connectivity index (χ4v) is 3.44. The van der Waals surface area contributed by atoms with E-state index in [1.54, 1.807) is 6.20 Å². The van der Waals surface area contributed by atoms with Gasteiger partial charge in [-0.05, 0) is 28.8 Å². The highest BCUT2D eigenvalue weighted by atomic mass is 32.1. The van der Waals surface area contributed by atoms with Crippen molar-refractivity contribution in [1.29, 1.82) is 0 Å². The van der Waals surface area contributed by atoms with Gasteiger partial charge in [0.15, 0.2) is 5.01 Å². The Kier molecular flexibility index (Phi) is 5.18. The molecule has 2 aromatic carbocycles. The Morgan fingerprint density at radius 3 is 2.33 bits per heavy atom. The van der Waals surface area contributed by atoms with Gasteiger partial charge in [-0.25, -0.2) is 0 Å². The summed E-state index contributed by atoms with van der Waals surface area (Å²) in [6.07, 6.45) is 1.10. The molecule has 27 heavy (non-hydrogen) atoms. The Bertz CT molecular complexity index is 988. The van der Waals surface area contributed by atoms with E-state index in [4.69, 9.17) is 0 Å². The molecule has 5 nitrogen and oxygen atoms in total. The molecule has 2 aromatic heterocycles. The molecule has 0 amide bonds. The van der Waals surface area contributed by atoms with Crippen LogP contribution in [0.15, 0.2) is 79.0 Å². The Morgan fingerprint density at radius 1 is 0.852 bits per heavy atom. The van der Waals surface area contributed by atoms with Gasteiger partial charge in [-0.15, -0.1) is 10.2 Å². The van der Waals surface area contributed by atoms with E-state index >= 15 is 0 Å². The van der Waals surface area contributed by atoms with Crippen LogP contribution in [0.25, 0.3) is 21.8 Å². The topological polar surface area (TPSA) is 70.9 Å². The van der Waals surface area contributed by atoms with Crippen LogP contribution >= 0.6 is 11.3 Å². The van der Waals surface area contributed by atoms with E-state index in [0.29, 0.717) is 11.7 Å². The minimum atomic E-state index is -0.628. The molecule has 0 spiro atoms. The van der Waals surface area contributed by atoms with E-state index in [1.165, 1.54) is 11.3 Å². The number of benzene rings is 2. The zero-order valence-electron chi connectivity index (χ0n) is 14.5. The third kappa shape index (κ3) is 4.19. The largest absolute Gasteiger partial charge is 0.387 e. The molecular formula is C21H18N4OS. The maximum atomic E-state index is 10.4. The van der Waals surface area contributed by atoms with Crippen molar-refractivity contribution in [3.05, 3.63) is 84.6 Å². The molecule has 0 radical (unpaired) electrons. The smallest absolute Gasteiger partial charge is 0.206 e. The number of aliphatic hydroxyl groups is 1. The number of aliphatic hydroxyl groups excluding tert-OH is 1. The quantitative estimate of drug-likeness (QED) is 0.523. The Labute approximate surface area is 161 Å². The van der Waals surface area contributed by atoms with Crippen molar-refractivity contribution in [2.75, 3.05) is 11.9 Å². The average molecular weight is 374 g/mol. The minimum absolute atomic E-state index is 0.363. The lowest BCUT2D eigenvalue weighted by Gasteiger charge is -2.12. The molecule has 0 saturated heterocycles. The van der Waals surface area contributed by atoms with Crippen molar-refractivity contribution in [1.82, 2.24) is 15.2 Å². The summed E-state index contributed by atoms with van der Waals surface area (Å²) in [4.78, 5) is 4.27. The van der Waals surface area contributed by atoms with Crippen molar-refractivity contribution in [3.63, 3.8) is 0 Å². The number of nitrogens with zero attached hydrogens (tertiary/aromatic N) is 3. The summed E-state index contributed by atoms with van der Waals surface area (Å²) < 4.78 is 0. The second kappa shape index (κ2) is 8.07. The fraction of sp³-hybridized carbons (Fsp3) is 0.0952. The SMILES string of the molecule is OC(CNc1nnc(-c2ccccn2)s1)c1ccc(-c2ccccc2)cc1. The van der Waals surface area contributed by atoms with E-state index in [1.807, 2.05) is 60.7 Å². The zero-order valence-corrected chi connectivity index (χ0v) is 15.3. The summed E-state index contributed by atoms with van der Waals surface area (Å²) >= 11 is 1.42. The first-order chi connectivity index (χ1) is 13.3. The van der Waals surface area contributed by atoms with E-state index in [9.17, 15) is 5.11 Å². The number of pyridine rings is 1. The summed E-state index contributed by atoms with van der Waals surface area (Å²) in [6, 6.07) is 23.8. The molecule has 0 saturated carbocycles. The molecule has 4 rings (SSSR count). The summed E-state index contributed by atoms with van der Waals surface area (Å²) in [6.45, 7) is 0.363. The maximum Gasteiger partial charge on any atom is 0.206 e. The number of anilines is 1. The summed E-state index contributed by atoms with van der Waals surface area (Å²) in [5, 5.41) is 23.3. The van der Waals surface area contributed by atoms with Gasteiger partial charge in [-0.3, -0.25) is 4.98 Å². The van der Waals surface area contributed by atoms with Gasteiger partial charge in [0.2, 0.25) is 5.13 Å². The highest BCUT2D eigenvalue weighted by Gasteiger charge is 2.11. The summed E-state index contributed by atoms with van der Waals surface area (Å²) in [5.74, 6) is 0. The van der Waals surface area contributed by atoms with Crippen LogP contribution in [0.2, 0.25) is 0 Å². The third-order valence-electron chi connectivity index (χ3n) is 4.16. The van der Waals surface area contributed by atoms with Gasteiger partial charge in [0.1, 0.15) is 5.69 Å². The summed E-state index contributed by atoms with van der Waals surface area (Å²) in [7, 11) is 0. The van der Waals surface area contributed by atoms with Crippen molar-refractivity contribution in [3.8, 4) is 21.8 Å².